The van der Waals surface area contributed by atoms with E-state index in [0.717, 1.165) is 29.8 Å². The van der Waals surface area contributed by atoms with Crippen molar-refractivity contribution < 1.29 is 0 Å². The van der Waals surface area contributed by atoms with Crippen molar-refractivity contribution in [1.82, 2.24) is 15.2 Å². The molecule has 4 nitrogen and oxygen atoms in total. The molecule has 1 fully saturated rings. The number of hydrogen-bond acceptors (Lipinski definition) is 3. The molecule has 4 heteroatoms. The van der Waals surface area contributed by atoms with Crippen LogP contribution in [0.15, 0.2) is 24.3 Å². The molecule has 0 radical (unpaired) electrons. The van der Waals surface area contributed by atoms with E-state index >= 15 is 0 Å². The maximum absolute atomic E-state index is 4.28. The molecule has 3 rings (SSSR count). The third-order valence-corrected chi connectivity index (χ3v) is 2.84. The molecule has 0 amide bonds. The number of nitrogens with zero attached hydrogens (tertiary/aromatic N) is 2. The Bertz CT molecular complexity index is 456. The lowest BCUT2D eigenvalue weighted by Crippen LogP contribution is -2.26. The summed E-state index contributed by atoms with van der Waals surface area (Å²) in [6.07, 6.45) is 2.55. The highest BCUT2D eigenvalue weighted by molar-refractivity contribution is 5.89. The van der Waals surface area contributed by atoms with E-state index in [0.29, 0.717) is 0 Å². The normalized spacial score (nSPS) is 17.3. The average Bonchev–Trinajstić information content (AvgIpc) is 2.89. The van der Waals surface area contributed by atoms with E-state index in [4.69, 9.17) is 0 Å². The van der Waals surface area contributed by atoms with E-state index in [1.165, 1.54) is 12.8 Å². The quantitative estimate of drug-likeness (QED) is 0.782. The first-order chi connectivity index (χ1) is 7.43. The molecule has 1 aliphatic heterocycles. The zero-order valence-corrected chi connectivity index (χ0v) is 8.53. The number of anilines is 1. The van der Waals surface area contributed by atoms with Crippen LogP contribution in [0, 0.1) is 0 Å². The van der Waals surface area contributed by atoms with Crippen LogP contribution in [0.3, 0.4) is 0 Å². The van der Waals surface area contributed by atoms with Gasteiger partial charge in [-0.1, -0.05) is 12.1 Å². The van der Waals surface area contributed by atoms with Gasteiger partial charge < -0.3 is 5.43 Å². The predicted molar refractivity (Wildman–Crippen MR) is 60.5 cm³/mol. The van der Waals surface area contributed by atoms with Crippen LogP contribution in [-0.2, 0) is 0 Å². The molecule has 78 valence electrons. The summed E-state index contributed by atoms with van der Waals surface area (Å²) >= 11 is 0. The van der Waals surface area contributed by atoms with Crippen LogP contribution in [0.25, 0.3) is 10.9 Å². The third kappa shape index (κ3) is 1.57. The molecule has 1 aromatic heterocycles. The van der Waals surface area contributed by atoms with Gasteiger partial charge in [-0.3, -0.25) is 5.10 Å². The van der Waals surface area contributed by atoms with Crippen LogP contribution in [-0.4, -0.2) is 28.3 Å². The Morgan fingerprint density at radius 1 is 1.20 bits per heavy atom. The van der Waals surface area contributed by atoms with Gasteiger partial charge in [0.25, 0.3) is 0 Å². The zero-order chi connectivity index (χ0) is 10.1. The van der Waals surface area contributed by atoms with Gasteiger partial charge in [0.2, 0.25) is 0 Å². The number of hydrazine groups is 1. The molecule has 15 heavy (non-hydrogen) atoms. The Morgan fingerprint density at radius 3 is 2.87 bits per heavy atom. The summed E-state index contributed by atoms with van der Waals surface area (Å²) in [4.78, 5) is 0. The Hall–Kier alpha value is -1.55. The molecule has 0 saturated carbocycles. The summed E-state index contributed by atoms with van der Waals surface area (Å²) in [5.74, 6) is 0.938. The van der Waals surface area contributed by atoms with Crippen LogP contribution in [0.1, 0.15) is 12.8 Å². The number of benzene rings is 1. The van der Waals surface area contributed by atoms with E-state index in [9.17, 15) is 0 Å². The molecule has 0 aliphatic carbocycles. The summed E-state index contributed by atoms with van der Waals surface area (Å²) in [5.41, 5.74) is 4.44. The van der Waals surface area contributed by atoms with Crippen molar-refractivity contribution in [2.24, 2.45) is 0 Å². The zero-order valence-electron chi connectivity index (χ0n) is 8.53. The van der Waals surface area contributed by atoms with E-state index in [-0.39, 0.29) is 0 Å². The van der Waals surface area contributed by atoms with Gasteiger partial charge in [0.15, 0.2) is 5.82 Å². The molecule has 0 unspecified atom stereocenters. The van der Waals surface area contributed by atoms with Crippen molar-refractivity contribution in [3.8, 4) is 0 Å². The van der Waals surface area contributed by atoms with Gasteiger partial charge in [-0.2, -0.15) is 5.10 Å². The standard InChI is InChI=1S/C11H14N4/c1-2-6-10-9(5-1)11(13-12-10)14-15-7-3-4-8-15/h1-2,5-6H,3-4,7-8H2,(H2,12,13,14). The maximum atomic E-state index is 4.28. The number of hydrogen-bond donors (Lipinski definition) is 2. The first-order valence-corrected chi connectivity index (χ1v) is 5.38. The number of H-pyrrole nitrogens is 1. The van der Waals surface area contributed by atoms with Crippen LogP contribution >= 0.6 is 0 Å². The molecule has 0 spiro atoms. The van der Waals surface area contributed by atoms with Crippen molar-refractivity contribution >= 4 is 16.7 Å². The average molecular weight is 202 g/mol. The lowest BCUT2D eigenvalue weighted by Gasteiger charge is -2.15. The van der Waals surface area contributed by atoms with Gasteiger partial charge in [-0.05, 0) is 25.0 Å². The third-order valence-electron chi connectivity index (χ3n) is 2.84. The van der Waals surface area contributed by atoms with E-state index in [1.807, 2.05) is 18.2 Å². The summed E-state index contributed by atoms with van der Waals surface area (Å²) in [5, 5.41) is 10.7. The number of rotatable bonds is 2. The molecular weight excluding hydrogens is 188 g/mol. The summed E-state index contributed by atoms with van der Waals surface area (Å²) < 4.78 is 0. The van der Waals surface area contributed by atoms with Crippen LogP contribution in [0.2, 0.25) is 0 Å². The van der Waals surface area contributed by atoms with Crippen LogP contribution < -0.4 is 5.43 Å². The first-order valence-electron chi connectivity index (χ1n) is 5.38. The van der Waals surface area contributed by atoms with Gasteiger partial charge in [0.1, 0.15) is 0 Å². The Morgan fingerprint density at radius 2 is 2.00 bits per heavy atom. The van der Waals surface area contributed by atoms with Crippen LogP contribution in [0.4, 0.5) is 5.82 Å². The molecule has 2 aromatic rings. The fourth-order valence-corrected chi connectivity index (χ4v) is 2.03. The Labute approximate surface area is 88.2 Å². The molecule has 0 atom stereocenters. The second-order valence-electron chi connectivity index (χ2n) is 3.92. The van der Waals surface area contributed by atoms with Crippen molar-refractivity contribution in [3.63, 3.8) is 0 Å². The minimum atomic E-state index is 0.938. The monoisotopic (exact) mass is 202 g/mol. The lowest BCUT2D eigenvalue weighted by molar-refractivity contribution is 0.408. The molecular formula is C11H14N4. The largest absolute Gasteiger partial charge is 0.301 e. The number of aromatic amines is 1. The molecule has 2 N–H and O–H groups in total. The molecule has 1 aliphatic rings. The van der Waals surface area contributed by atoms with Crippen molar-refractivity contribution in [1.29, 1.82) is 0 Å². The van der Waals surface area contributed by atoms with Gasteiger partial charge in [-0.15, -0.1) is 0 Å². The Kier molecular flexibility index (Phi) is 2.07. The van der Waals surface area contributed by atoms with Gasteiger partial charge in [0, 0.05) is 18.5 Å². The summed E-state index contributed by atoms with van der Waals surface area (Å²) in [7, 11) is 0. The van der Waals surface area contributed by atoms with E-state index in [2.05, 4.69) is 26.7 Å². The SMILES string of the molecule is c1ccc2c(NN3CCCC3)n[nH]c2c1. The fourth-order valence-electron chi connectivity index (χ4n) is 2.03. The van der Waals surface area contributed by atoms with Crippen molar-refractivity contribution in [2.75, 3.05) is 18.5 Å². The first kappa shape index (κ1) is 8.73. The highest BCUT2D eigenvalue weighted by Crippen LogP contribution is 2.21. The molecule has 0 bridgehead atoms. The summed E-state index contributed by atoms with van der Waals surface area (Å²) in [6.45, 7) is 2.22. The van der Waals surface area contributed by atoms with Gasteiger partial charge >= 0.3 is 0 Å². The number of nitrogens with one attached hydrogen (secondary N) is 2. The smallest absolute Gasteiger partial charge is 0.170 e. The molecule has 1 saturated heterocycles. The fraction of sp³-hybridized carbons (Fsp3) is 0.364. The number of aromatic nitrogens is 2. The molecule has 1 aromatic carbocycles. The number of fused-ring (bicyclic) bond motifs is 1. The molecule has 2 heterocycles. The second kappa shape index (κ2) is 3.55. The van der Waals surface area contributed by atoms with E-state index in [1.54, 1.807) is 0 Å². The summed E-state index contributed by atoms with van der Waals surface area (Å²) in [6, 6.07) is 8.17. The lowest BCUT2D eigenvalue weighted by atomic mass is 10.2. The highest BCUT2D eigenvalue weighted by Gasteiger charge is 2.13. The van der Waals surface area contributed by atoms with Crippen LogP contribution in [0.5, 0.6) is 0 Å². The maximum Gasteiger partial charge on any atom is 0.170 e. The predicted octanol–water partition coefficient (Wildman–Crippen LogP) is 1.99. The number of para-hydroxylation sites is 1. The van der Waals surface area contributed by atoms with Gasteiger partial charge in [-0.25, -0.2) is 5.01 Å². The van der Waals surface area contributed by atoms with Crippen molar-refractivity contribution in [3.05, 3.63) is 24.3 Å². The minimum absolute atomic E-state index is 0.938. The Balaban J connectivity index is 1.90. The topological polar surface area (TPSA) is 44.0 Å². The second-order valence-corrected chi connectivity index (χ2v) is 3.92. The van der Waals surface area contributed by atoms with Gasteiger partial charge in [0.05, 0.1) is 5.52 Å². The minimum Gasteiger partial charge on any atom is -0.301 e. The van der Waals surface area contributed by atoms with Crippen molar-refractivity contribution in [2.45, 2.75) is 12.8 Å². The highest BCUT2D eigenvalue weighted by atomic mass is 15.5. The van der Waals surface area contributed by atoms with E-state index < -0.39 is 0 Å².